The molecule has 0 aliphatic carbocycles. The molecule has 0 saturated heterocycles. The summed E-state index contributed by atoms with van der Waals surface area (Å²) < 4.78 is 18.3. The van der Waals surface area contributed by atoms with E-state index in [2.05, 4.69) is 26.2 Å². The third kappa shape index (κ3) is 6.60. The molecule has 0 atom stereocenters. The van der Waals surface area contributed by atoms with Crippen molar-refractivity contribution in [3.8, 4) is 11.5 Å². The first-order valence-electron chi connectivity index (χ1n) is 7.92. The van der Waals surface area contributed by atoms with Gasteiger partial charge in [0, 0.05) is 0 Å². The van der Waals surface area contributed by atoms with E-state index >= 15 is 0 Å². The zero-order valence-electron chi connectivity index (χ0n) is 14.4. The molecule has 0 saturated carbocycles. The quantitative estimate of drug-likeness (QED) is 0.651. The Bertz CT molecular complexity index is 532. The smallest absolute Gasteiger partial charge is 0.213 e. The lowest BCUT2D eigenvalue weighted by Gasteiger charge is -2.33. The van der Waals surface area contributed by atoms with Crippen molar-refractivity contribution in [3.05, 3.63) is 60.7 Å². The van der Waals surface area contributed by atoms with Crippen LogP contribution in [0.3, 0.4) is 0 Å². The van der Waals surface area contributed by atoms with Gasteiger partial charge in [-0.05, 0) is 50.5 Å². The van der Waals surface area contributed by atoms with Crippen LogP contribution in [0.2, 0.25) is 26.2 Å². The molecule has 0 fully saturated rings. The number of ether oxygens (including phenoxy) is 2. The minimum Gasteiger partial charge on any atom is -0.494 e. The van der Waals surface area contributed by atoms with Gasteiger partial charge in [-0.3, -0.25) is 0 Å². The summed E-state index contributed by atoms with van der Waals surface area (Å²) in [4.78, 5) is 0. The average Bonchev–Trinajstić information content (AvgIpc) is 2.52. The van der Waals surface area contributed by atoms with Crippen molar-refractivity contribution in [2.45, 2.75) is 26.2 Å². The summed E-state index contributed by atoms with van der Waals surface area (Å²) >= 11 is 0. The van der Waals surface area contributed by atoms with Crippen LogP contribution in [0.25, 0.3) is 0 Å². The Morgan fingerprint density at radius 1 is 0.609 bits per heavy atom. The summed E-state index contributed by atoms with van der Waals surface area (Å²) in [5.74, 6) is 1.80. The molecule has 2 aromatic rings. The summed E-state index contributed by atoms with van der Waals surface area (Å²) in [6.45, 7) is 8.81. The fourth-order valence-electron chi connectivity index (χ4n) is 2.35. The third-order valence-electron chi connectivity index (χ3n) is 3.21. The van der Waals surface area contributed by atoms with Crippen molar-refractivity contribution in [2.24, 2.45) is 0 Å². The van der Waals surface area contributed by atoms with Crippen LogP contribution in [-0.4, -0.2) is 29.1 Å². The summed E-state index contributed by atoms with van der Waals surface area (Å²) in [6.07, 6.45) is 1.30. The van der Waals surface area contributed by atoms with Gasteiger partial charge in [-0.25, -0.2) is 0 Å². The first kappa shape index (κ1) is 17.8. The lowest BCUT2D eigenvalue weighted by molar-refractivity contribution is 0.329. The highest BCUT2D eigenvalue weighted by molar-refractivity contribution is 6.84. The normalized spacial score (nSPS) is 12.0. The highest BCUT2D eigenvalue weighted by Crippen LogP contribution is 2.19. The van der Waals surface area contributed by atoms with Gasteiger partial charge >= 0.3 is 0 Å². The molecule has 3 nitrogen and oxygen atoms in total. The van der Waals surface area contributed by atoms with E-state index in [1.54, 1.807) is 0 Å². The van der Waals surface area contributed by atoms with Gasteiger partial charge in [0.25, 0.3) is 0 Å². The predicted octanol–water partition coefficient (Wildman–Crippen LogP) is 4.65. The molecule has 0 unspecified atom stereocenters. The summed E-state index contributed by atoms with van der Waals surface area (Å²) in [7, 11) is -3.80. The maximum atomic E-state index is 6.50. The minimum absolute atomic E-state index is 0.652. The SMILES string of the molecule is C[Si](C)(COc1ccccc1)O[Si](C)(C)COc1ccccc1. The molecule has 0 amide bonds. The van der Waals surface area contributed by atoms with Crippen molar-refractivity contribution in [1.82, 2.24) is 0 Å². The van der Waals surface area contributed by atoms with Crippen LogP contribution in [0.4, 0.5) is 0 Å². The second kappa shape index (κ2) is 7.81. The molecule has 0 aromatic heterocycles. The summed E-state index contributed by atoms with van der Waals surface area (Å²) in [5.41, 5.74) is 0. The summed E-state index contributed by atoms with van der Waals surface area (Å²) in [6, 6.07) is 19.8. The topological polar surface area (TPSA) is 27.7 Å². The van der Waals surface area contributed by atoms with Gasteiger partial charge in [-0.1, -0.05) is 36.4 Å². The average molecular weight is 347 g/mol. The number of rotatable bonds is 8. The van der Waals surface area contributed by atoms with Crippen LogP contribution in [0.1, 0.15) is 0 Å². The molecular weight excluding hydrogens is 320 g/mol. The molecule has 5 heteroatoms. The van der Waals surface area contributed by atoms with E-state index in [4.69, 9.17) is 13.6 Å². The Kier molecular flexibility index (Phi) is 6.04. The highest BCUT2D eigenvalue weighted by atomic mass is 28.4. The molecule has 0 aliphatic heterocycles. The molecule has 0 N–H and O–H groups in total. The van der Waals surface area contributed by atoms with Crippen LogP contribution >= 0.6 is 0 Å². The standard InChI is InChI=1S/C18H26O3Si2/c1-22(2,15-19-17-11-7-5-8-12-17)21-23(3,4)16-20-18-13-9-6-10-14-18/h5-14H,15-16H2,1-4H3. The molecule has 0 aliphatic rings. The third-order valence-corrected chi connectivity index (χ3v) is 9.31. The van der Waals surface area contributed by atoms with E-state index in [0.29, 0.717) is 12.5 Å². The van der Waals surface area contributed by atoms with Gasteiger partial charge in [0.05, 0.1) is 0 Å². The maximum Gasteiger partial charge on any atom is 0.213 e. The lowest BCUT2D eigenvalue weighted by atomic mass is 10.3. The Morgan fingerprint density at radius 3 is 1.30 bits per heavy atom. The molecule has 0 spiro atoms. The van der Waals surface area contributed by atoms with Crippen molar-refractivity contribution < 1.29 is 13.6 Å². The van der Waals surface area contributed by atoms with Gasteiger partial charge in [0.15, 0.2) is 0 Å². The fourth-order valence-corrected chi connectivity index (χ4v) is 9.84. The Balaban J connectivity index is 1.84. The van der Waals surface area contributed by atoms with Gasteiger partial charge in [-0.2, -0.15) is 0 Å². The Morgan fingerprint density at radius 2 is 0.957 bits per heavy atom. The second-order valence-corrected chi connectivity index (χ2v) is 15.3. The van der Waals surface area contributed by atoms with Gasteiger partial charge < -0.3 is 13.6 Å². The number of para-hydroxylation sites is 2. The zero-order valence-corrected chi connectivity index (χ0v) is 16.4. The van der Waals surface area contributed by atoms with E-state index in [-0.39, 0.29) is 0 Å². The van der Waals surface area contributed by atoms with E-state index in [9.17, 15) is 0 Å². The van der Waals surface area contributed by atoms with Crippen LogP contribution in [0.15, 0.2) is 60.7 Å². The van der Waals surface area contributed by atoms with Crippen molar-refractivity contribution in [3.63, 3.8) is 0 Å². The monoisotopic (exact) mass is 346 g/mol. The lowest BCUT2D eigenvalue weighted by Crippen LogP contribution is -2.51. The maximum absolute atomic E-state index is 6.50. The molecule has 0 heterocycles. The zero-order chi connectivity index (χ0) is 16.8. The van der Waals surface area contributed by atoms with Crippen LogP contribution < -0.4 is 9.47 Å². The number of hydrogen-bond acceptors (Lipinski definition) is 3. The second-order valence-electron chi connectivity index (χ2n) is 6.82. The van der Waals surface area contributed by atoms with E-state index in [1.807, 2.05) is 60.7 Å². The molecule has 124 valence electrons. The number of hydrogen-bond donors (Lipinski definition) is 0. The molecule has 2 rings (SSSR count). The van der Waals surface area contributed by atoms with E-state index < -0.39 is 16.6 Å². The molecule has 0 radical (unpaired) electrons. The Labute approximate surface area is 141 Å². The predicted molar refractivity (Wildman–Crippen MR) is 99.9 cm³/mol. The van der Waals surface area contributed by atoms with E-state index in [0.717, 1.165) is 11.5 Å². The van der Waals surface area contributed by atoms with Crippen molar-refractivity contribution in [2.75, 3.05) is 12.5 Å². The summed E-state index contributed by atoms with van der Waals surface area (Å²) in [5, 5.41) is 0. The minimum atomic E-state index is -1.90. The van der Waals surface area contributed by atoms with Gasteiger partial charge in [0.2, 0.25) is 16.6 Å². The van der Waals surface area contributed by atoms with Crippen LogP contribution in [-0.2, 0) is 4.12 Å². The molecule has 23 heavy (non-hydrogen) atoms. The van der Waals surface area contributed by atoms with Crippen molar-refractivity contribution >= 4 is 16.6 Å². The van der Waals surface area contributed by atoms with Gasteiger partial charge in [-0.15, -0.1) is 0 Å². The molecule has 2 aromatic carbocycles. The largest absolute Gasteiger partial charge is 0.494 e. The number of benzene rings is 2. The Hall–Kier alpha value is -1.57. The molecule has 0 bridgehead atoms. The van der Waals surface area contributed by atoms with E-state index in [1.165, 1.54) is 0 Å². The fraction of sp³-hybridized carbons (Fsp3) is 0.333. The molecular formula is C18H26O3Si2. The van der Waals surface area contributed by atoms with Crippen LogP contribution in [0, 0.1) is 0 Å². The van der Waals surface area contributed by atoms with Gasteiger partial charge in [0.1, 0.15) is 24.0 Å². The highest BCUT2D eigenvalue weighted by Gasteiger charge is 2.34. The first-order valence-corrected chi connectivity index (χ1v) is 14.2. The van der Waals surface area contributed by atoms with Crippen LogP contribution in [0.5, 0.6) is 11.5 Å². The first-order chi connectivity index (χ1) is 10.9. The van der Waals surface area contributed by atoms with Crippen molar-refractivity contribution in [1.29, 1.82) is 0 Å².